The van der Waals surface area contributed by atoms with Gasteiger partial charge in [-0.25, -0.2) is 0 Å². The molecule has 0 aliphatic heterocycles. The van der Waals surface area contributed by atoms with E-state index in [-0.39, 0.29) is 12.4 Å². The number of aliphatic hydroxyl groups is 1. The van der Waals surface area contributed by atoms with Crippen LogP contribution in [0.25, 0.3) is 27.3 Å². The van der Waals surface area contributed by atoms with Gasteiger partial charge < -0.3 is 15.6 Å². The summed E-state index contributed by atoms with van der Waals surface area (Å²) >= 11 is 0. The van der Waals surface area contributed by atoms with Crippen molar-refractivity contribution in [1.82, 2.24) is 0 Å². The summed E-state index contributed by atoms with van der Waals surface area (Å²) in [4.78, 5) is 0. The molecule has 27 heavy (non-hydrogen) atoms. The second-order valence-electron chi connectivity index (χ2n) is 6.29. The van der Waals surface area contributed by atoms with Crippen LogP contribution < -0.4 is 5.73 Å². The summed E-state index contributed by atoms with van der Waals surface area (Å²) in [5.74, 6) is -0.0576. The van der Waals surface area contributed by atoms with Crippen LogP contribution in [0.3, 0.4) is 0 Å². The lowest BCUT2D eigenvalue weighted by atomic mass is 9.97. The summed E-state index contributed by atoms with van der Waals surface area (Å²) in [7, 11) is 0. The molecule has 0 spiro atoms. The zero-order valence-corrected chi connectivity index (χ0v) is 14.8. The van der Waals surface area contributed by atoms with E-state index in [0.717, 1.165) is 21.5 Å². The SMILES string of the molecule is CCO/C(=C\C(O)(CN)C(F)(F)F)c1ccc2c(ccc3ccccc32)c1. The van der Waals surface area contributed by atoms with Crippen LogP contribution in [0, 0.1) is 0 Å². The molecule has 3 aromatic carbocycles. The normalized spacial score (nSPS) is 15.1. The van der Waals surface area contributed by atoms with Gasteiger partial charge in [-0.2, -0.15) is 13.2 Å². The Morgan fingerprint density at radius 3 is 2.37 bits per heavy atom. The summed E-state index contributed by atoms with van der Waals surface area (Å²) in [5.41, 5.74) is 2.48. The number of ether oxygens (including phenoxy) is 1. The lowest BCUT2D eigenvalue weighted by Crippen LogP contribution is -2.49. The van der Waals surface area contributed by atoms with Gasteiger partial charge in [-0.05, 0) is 34.5 Å². The molecule has 0 aliphatic rings. The molecule has 3 aromatic rings. The molecule has 1 unspecified atom stereocenters. The van der Waals surface area contributed by atoms with Gasteiger partial charge in [0, 0.05) is 18.2 Å². The summed E-state index contributed by atoms with van der Waals surface area (Å²) < 4.78 is 45.1. The maximum absolute atomic E-state index is 13.2. The smallest absolute Gasteiger partial charge is 0.422 e. The fourth-order valence-corrected chi connectivity index (χ4v) is 3.00. The van der Waals surface area contributed by atoms with Crippen LogP contribution in [0.5, 0.6) is 0 Å². The second kappa shape index (κ2) is 7.21. The van der Waals surface area contributed by atoms with Gasteiger partial charge >= 0.3 is 6.18 Å². The third kappa shape index (κ3) is 3.63. The zero-order chi connectivity index (χ0) is 19.7. The first-order valence-corrected chi connectivity index (χ1v) is 8.56. The molecular weight excluding hydrogens is 355 g/mol. The Labute approximate surface area is 154 Å². The summed E-state index contributed by atoms with van der Waals surface area (Å²) in [5, 5.41) is 13.9. The first-order chi connectivity index (χ1) is 12.8. The maximum Gasteiger partial charge on any atom is 0.422 e. The Balaban J connectivity index is 2.15. The topological polar surface area (TPSA) is 55.5 Å². The zero-order valence-electron chi connectivity index (χ0n) is 14.8. The van der Waals surface area contributed by atoms with Crippen molar-refractivity contribution in [3.63, 3.8) is 0 Å². The molecule has 0 saturated heterocycles. The number of hydrogen-bond donors (Lipinski definition) is 2. The van der Waals surface area contributed by atoms with Crippen molar-refractivity contribution in [2.75, 3.05) is 13.2 Å². The van der Waals surface area contributed by atoms with E-state index in [1.165, 1.54) is 0 Å². The number of halogens is 3. The highest BCUT2D eigenvalue weighted by Gasteiger charge is 2.51. The molecule has 0 aromatic heterocycles. The lowest BCUT2D eigenvalue weighted by molar-refractivity contribution is -0.235. The average molecular weight is 375 g/mol. The molecule has 142 valence electrons. The van der Waals surface area contributed by atoms with Crippen molar-refractivity contribution in [1.29, 1.82) is 0 Å². The van der Waals surface area contributed by atoms with Crippen molar-refractivity contribution >= 4 is 27.3 Å². The molecule has 1 atom stereocenters. The minimum Gasteiger partial charge on any atom is -0.493 e. The van der Waals surface area contributed by atoms with Gasteiger partial charge in [-0.15, -0.1) is 0 Å². The van der Waals surface area contributed by atoms with Crippen LogP contribution >= 0.6 is 0 Å². The molecule has 0 heterocycles. The standard InChI is InChI=1S/C21H20F3NO2/c1-2-27-19(12-20(26,13-25)21(22,23)24)16-9-10-18-15(11-16)8-7-14-5-3-4-6-17(14)18/h3-12,26H,2,13,25H2,1H3/b19-12-. The van der Waals surface area contributed by atoms with Crippen molar-refractivity contribution in [2.24, 2.45) is 5.73 Å². The van der Waals surface area contributed by atoms with Crippen molar-refractivity contribution in [3.05, 3.63) is 66.2 Å². The molecule has 0 radical (unpaired) electrons. The van der Waals surface area contributed by atoms with E-state index >= 15 is 0 Å². The summed E-state index contributed by atoms with van der Waals surface area (Å²) in [6.45, 7) is 0.822. The molecule has 0 saturated carbocycles. The van der Waals surface area contributed by atoms with E-state index < -0.39 is 18.3 Å². The van der Waals surface area contributed by atoms with Crippen molar-refractivity contribution in [3.8, 4) is 0 Å². The maximum atomic E-state index is 13.2. The van der Waals surface area contributed by atoms with Gasteiger partial charge in [0.25, 0.3) is 0 Å². The van der Waals surface area contributed by atoms with Crippen LogP contribution in [-0.2, 0) is 4.74 Å². The molecule has 0 amide bonds. The molecule has 3 rings (SSSR count). The van der Waals surface area contributed by atoms with E-state index in [0.29, 0.717) is 11.6 Å². The molecule has 0 fully saturated rings. The molecule has 0 aliphatic carbocycles. The second-order valence-corrected chi connectivity index (χ2v) is 6.29. The fourth-order valence-electron chi connectivity index (χ4n) is 3.00. The Morgan fingerprint density at radius 1 is 1.04 bits per heavy atom. The molecule has 6 heteroatoms. The predicted molar refractivity (Wildman–Crippen MR) is 101 cm³/mol. The highest BCUT2D eigenvalue weighted by atomic mass is 19.4. The molecular formula is C21H20F3NO2. The van der Waals surface area contributed by atoms with Crippen LogP contribution in [0.15, 0.2) is 60.7 Å². The monoisotopic (exact) mass is 375 g/mol. The largest absolute Gasteiger partial charge is 0.493 e. The van der Waals surface area contributed by atoms with Crippen molar-refractivity contribution in [2.45, 2.75) is 18.7 Å². The minimum atomic E-state index is -4.91. The predicted octanol–water partition coefficient (Wildman–Crippen LogP) is 4.62. The number of fused-ring (bicyclic) bond motifs is 3. The minimum absolute atomic E-state index is 0.0576. The Kier molecular flexibility index (Phi) is 5.13. The first-order valence-electron chi connectivity index (χ1n) is 8.56. The van der Waals surface area contributed by atoms with Gasteiger partial charge in [-0.3, -0.25) is 0 Å². The number of alkyl halides is 3. The van der Waals surface area contributed by atoms with Gasteiger partial charge in [0.15, 0.2) is 5.60 Å². The van der Waals surface area contributed by atoms with Crippen LogP contribution in [-0.4, -0.2) is 30.0 Å². The fraction of sp³-hybridized carbons (Fsp3) is 0.238. The molecule has 0 bridgehead atoms. The van der Waals surface area contributed by atoms with E-state index in [9.17, 15) is 18.3 Å². The van der Waals surface area contributed by atoms with Gasteiger partial charge in [0.05, 0.1) is 6.61 Å². The number of benzene rings is 3. The van der Waals surface area contributed by atoms with E-state index in [1.807, 2.05) is 42.5 Å². The number of hydrogen-bond acceptors (Lipinski definition) is 3. The summed E-state index contributed by atoms with van der Waals surface area (Å²) in [6, 6.07) is 17.0. The lowest BCUT2D eigenvalue weighted by Gasteiger charge is -2.27. The Morgan fingerprint density at radius 2 is 1.70 bits per heavy atom. The molecule has 3 nitrogen and oxygen atoms in total. The highest BCUT2D eigenvalue weighted by molar-refractivity contribution is 6.07. The van der Waals surface area contributed by atoms with Gasteiger partial charge in [0.2, 0.25) is 0 Å². The third-order valence-electron chi connectivity index (χ3n) is 4.50. The third-order valence-corrected chi connectivity index (χ3v) is 4.50. The van der Waals surface area contributed by atoms with E-state index in [4.69, 9.17) is 10.5 Å². The quantitative estimate of drug-likeness (QED) is 0.505. The Bertz CT molecular complexity index is 998. The first kappa shape index (κ1) is 19.2. The Hall–Kier alpha value is -2.57. The molecule has 3 N–H and O–H groups in total. The van der Waals surface area contributed by atoms with Crippen LogP contribution in [0.4, 0.5) is 13.2 Å². The van der Waals surface area contributed by atoms with Gasteiger partial charge in [-0.1, -0.05) is 48.5 Å². The van der Waals surface area contributed by atoms with Crippen LogP contribution in [0.2, 0.25) is 0 Å². The highest BCUT2D eigenvalue weighted by Crippen LogP contribution is 2.35. The van der Waals surface area contributed by atoms with E-state index in [1.54, 1.807) is 19.1 Å². The van der Waals surface area contributed by atoms with Crippen molar-refractivity contribution < 1.29 is 23.0 Å². The van der Waals surface area contributed by atoms with Gasteiger partial charge in [0.1, 0.15) is 5.76 Å². The number of nitrogens with two attached hydrogens (primary N) is 1. The average Bonchev–Trinajstić information content (AvgIpc) is 2.66. The summed E-state index contributed by atoms with van der Waals surface area (Å²) in [6.07, 6.45) is -4.25. The number of rotatable bonds is 5. The van der Waals surface area contributed by atoms with E-state index in [2.05, 4.69) is 0 Å². The van der Waals surface area contributed by atoms with Crippen LogP contribution in [0.1, 0.15) is 12.5 Å².